The maximum atomic E-state index is 12.0. The summed E-state index contributed by atoms with van der Waals surface area (Å²) in [6.07, 6.45) is 2.85. The van der Waals surface area contributed by atoms with Gasteiger partial charge in [0.2, 0.25) is 10.0 Å². The predicted octanol–water partition coefficient (Wildman–Crippen LogP) is 5.15. The second-order valence-corrected chi connectivity index (χ2v) is 10.3. The first-order chi connectivity index (χ1) is 17.3. The minimum atomic E-state index is -3.72. The molecule has 8 nitrogen and oxygen atoms in total. The van der Waals surface area contributed by atoms with Crippen LogP contribution in [-0.2, 0) is 23.0 Å². The molecule has 0 bridgehead atoms. The lowest BCUT2D eigenvalue weighted by Crippen LogP contribution is -2.32. The highest BCUT2D eigenvalue weighted by Gasteiger charge is 2.16. The summed E-state index contributed by atoms with van der Waals surface area (Å²) in [5, 5.41) is 0. The maximum Gasteiger partial charge on any atom is 0.426 e. The Bertz CT molecular complexity index is 1480. The van der Waals surface area contributed by atoms with E-state index in [1.165, 1.54) is 0 Å². The zero-order chi connectivity index (χ0) is 25.7. The van der Waals surface area contributed by atoms with Gasteiger partial charge in [-0.2, -0.15) is 0 Å². The number of benzene rings is 3. The molecule has 0 aliphatic rings. The Morgan fingerprint density at radius 3 is 2.42 bits per heavy atom. The highest BCUT2D eigenvalue weighted by atomic mass is 32.2. The summed E-state index contributed by atoms with van der Waals surface area (Å²) in [7, 11) is -2.05. The van der Waals surface area contributed by atoms with Crippen molar-refractivity contribution in [3.8, 4) is 22.6 Å². The molecule has 1 amide bonds. The van der Waals surface area contributed by atoms with Crippen LogP contribution in [0.1, 0.15) is 31.2 Å². The minimum absolute atomic E-state index is 0.263. The van der Waals surface area contributed by atoms with Crippen molar-refractivity contribution in [2.45, 2.75) is 32.7 Å². The summed E-state index contributed by atoms with van der Waals surface area (Å²) >= 11 is 0. The molecule has 188 valence electrons. The van der Waals surface area contributed by atoms with Crippen LogP contribution in [0.3, 0.4) is 0 Å². The van der Waals surface area contributed by atoms with E-state index < -0.39 is 16.1 Å². The van der Waals surface area contributed by atoms with E-state index in [9.17, 15) is 13.2 Å². The van der Waals surface area contributed by atoms with Crippen LogP contribution >= 0.6 is 0 Å². The summed E-state index contributed by atoms with van der Waals surface area (Å²) < 4.78 is 37.6. The van der Waals surface area contributed by atoms with Crippen LogP contribution in [0.15, 0.2) is 66.7 Å². The molecule has 0 saturated heterocycles. The van der Waals surface area contributed by atoms with Gasteiger partial charge in [0.05, 0.1) is 18.9 Å². The van der Waals surface area contributed by atoms with Gasteiger partial charge >= 0.3 is 6.09 Å². The summed E-state index contributed by atoms with van der Waals surface area (Å²) in [4.78, 5) is 16.8. The fraction of sp³-hybridized carbons (Fsp3) is 0.259. The number of para-hydroxylation sites is 2. The summed E-state index contributed by atoms with van der Waals surface area (Å²) in [5.41, 5.74) is 4.48. The van der Waals surface area contributed by atoms with Crippen LogP contribution in [-0.4, -0.2) is 37.4 Å². The largest absolute Gasteiger partial charge is 0.494 e. The van der Waals surface area contributed by atoms with Gasteiger partial charge in [0.15, 0.2) is 0 Å². The van der Waals surface area contributed by atoms with Crippen molar-refractivity contribution in [3.63, 3.8) is 0 Å². The highest BCUT2D eigenvalue weighted by molar-refractivity contribution is 7.89. The van der Waals surface area contributed by atoms with Crippen molar-refractivity contribution in [1.82, 2.24) is 14.3 Å². The number of aryl methyl sites for hydroxylation is 1. The van der Waals surface area contributed by atoms with Crippen molar-refractivity contribution < 1.29 is 22.7 Å². The van der Waals surface area contributed by atoms with Crippen LogP contribution in [0.4, 0.5) is 4.79 Å². The predicted molar refractivity (Wildman–Crippen MR) is 140 cm³/mol. The number of carbonyl (C=O) groups is 1. The molecule has 36 heavy (non-hydrogen) atoms. The van der Waals surface area contributed by atoms with Crippen LogP contribution < -0.4 is 14.2 Å². The second-order valence-electron chi connectivity index (χ2n) is 8.50. The molecule has 0 unspecified atom stereocenters. The molecule has 0 aliphatic carbocycles. The first kappa shape index (κ1) is 25.2. The molecule has 0 atom stereocenters. The summed E-state index contributed by atoms with van der Waals surface area (Å²) in [6, 6.07) is 20.8. The molecular weight excluding hydrogens is 478 g/mol. The van der Waals surface area contributed by atoms with Gasteiger partial charge < -0.3 is 14.0 Å². The number of ether oxygens (including phenoxy) is 2. The third-order valence-corrected chi connectivity index (χ3v) is 6.28. The Morgan fingerprint density at radius 2 is 1.72 bits per heavy atom. The number of hydrogen-bond acceptors (Lipinski definition) is 6. The molecular formula is C27H29N3O5S. The van der Waals surface area contributed by atoms with Crippen LogP contribution in [0.5, 0.6) is 11.5 Å². The number of carbonyl (C=O) groups excluding carboxylic acids is 1. The van der Waals surface area contributed by atoms with Gasteiger partial charge in [0.1, 0.15) is 22.8 Å². The number of sulfonamides is 1. The summed E-state index contributed by atoms with van der Waals surface area (Å²) in [6.45, 7) is 2.80. The van der Waals surface area contributed by atoms with E-state index in [0.717, 1.165) is 59.3 Å². The van der Waals surface area contributed by atoms with E-state index in [1.807, 2.05) is 59.3 Å². The Labute approximate surface area is 210 Å². The average Bonchev–Trinajstić information content (AvgIpc) is 3.19. The van der Waals surface area contributed by atoms with Crippen molar-refractivity contribution in [1.29, 1.82) is 0 Å². The van der Waals surface area contributed by atoms with Gasteiger partial charge in [-0.15, -0.1) is 0 Å². The number of fused-ring (bicyclic) bond motifs is 1. The average molecular weight is 508 g/mol. The van der Waals surface area contributed by atoms with E-state index in [2.05, 4.69) is 11.5 Å². The molecule has 0 spiro atoms. The number of aromatic nitrogens is 2. The SMILES string of the molecule is CCCCc1nc2cccc(OC)c2n1Cc1ccc(-c2ccccc2OC(=O)NS(C)(=O)=O)cc1. The van der Waals surface area contributed by atoms with E-state index in [1.54, 1.807) is 19.2 Å². The molecule has 1 N–H and O–H groups in total. The van der Waals surface area contributed by atoms with Crippen molar-refractivity contribution in [2.24, 2.45) is 0 Å². The Balaban J connectivity index is 1.62. The lowest BCUT2D eigenvalue weighted by atomic mass is 10.0. The number of methoxy groups -OCH3 is 1. The Hall–Kier alpha value is -3.85. The number of unbranched alkanes of at least 4 members (excludes halogenated alkanes) is 1. The van der Waals surface area contributed by atoms with E-state index in [4.69, 9.17) is 14.5 Å². The Kier molecular flexibility index (Phi) is 7.59. The molecule has 0 fully saturated rings. The van der Waals surface area contributed by atoms with Gasteiger partial charge in [-0.05, 0) is 35.7 Å². The first-order valence-corrected chi connectivity index (χ1v) is 13.6. The maximum absolute atomic E-state index is 12.0. The molecule has 1 aromatic heterocycles. The standard InChI is InChI=1S/C27H29N3O5S/c1-4-5-13-25-28-22-10-8-12-24(34-2)26(22)30(25)18-19-14-16-20(17-15-19)21-9-6-7-11-23(21)35-27(31)29-36(3,32)33/h6-12,14-17H,4-5,13,18H2,1-3H3,(H,29,31). The molecule has 9 heteroatoms. The number of nitrogens with zero attached hydrogens (tertiary/aromatic N) is 2. The number of nitrogens with one attached hydrogen (secondary N) is 1. The number of rotatable bonds is 9. The monoisotopic (exact) mass is 507 g/mol. The molecule has 3 aromatic carbocycles. The van der Waals surface area contributed by atoms with Crippen molar-refractivity contribution in [2.75, 3.05) is 13.4 Å². The molecule has 0 radical (unpaired) electrons. The van der Waals surface area contributed by atoms with Crippen molar-refractivity contribution in [3.05, 3.63) is 78.1 Å². The topological polar surface area (TPSA) is 99.5 Å². The van der Waals surface area contributed by atoms with Gasteiger partial charge in [-0.1, -0.05) is 61.9 Å². The number of hydrogen-bond donors (Lipinski definition) is 1. The lowest BCUT2D eigenvalue weighted by Gasteiger charge is -2.13. The Morgan fingerprint density at radius 1 is 1.00 bits per heavy atom. The van der Waals surface area contributed by atoms with E-state index >= 15 is 0 Å². The zero-order valence-electron chi connectivity index (χ0n) is 20.5. The lowest BCUT2D eigenvalue weighted by molar-refractivity contribution is 0.207. The molecule has 0 aliphatic heterocycles. The van der Waals surface area contributed by atoms with Crippen LogP contribution in [0.25, 0.3) is 22.2 Å². The second kappa shape index (κ2) is 10.8. The third-order valence-electron chi connectivity index (χ3n) is 5.75. The highest BCUT2D eigenvalue weighted by Crippen LogP contribution is 2.31. The fourth-order valence-corrected chi connectivity index (χ4v) is 4.44. The van der Waals surface area contributed by atoms with Gasteiger partial charge in [-0.25, -0.2) is 22.9 Å². The van der Waals surface area contributed by atoms with Gasteiger partial charge in [0.25, 0.3) is 0 Å². The zero-order valence-corrected chi connectivity index (χ0v) is 21.3. The minimum Gasteiger partial charge on any atom is -0.494 e. The summed E-state index contributed by atoms with van der Waals surface area (Å²) in [5.74, 6) is 2.08. The quantitative estimate of drug-likeness (QED) is 0.336. The van der Waals surface area contributed by atoms with E-state index in [0.29, 0.717) is 12.1 Å². The van der Waals surface area contributed by atoms with E-state index in [-0.39, 0.29) is 5.75 Å². The number of imidazole rings is 1. The smallest absolute Gasteiger partial charge is 0.426 e. The first-order valence-electron chi connectivity index (χ1n) is 11.7. The number of amides is 1. The molecule has 4 rings (SSSR count). The fourth-order valence-electron chi connectivity index (χ4n) is 4.10. The normalized spacial score (nSPS) is 11.4. The van der Waals surface area contributed by atoms with Crippen LogP contribution in [0.2, 0.25) is 0 Å². The van der Waals surface area contributed by atoms with Gasteiger partial charge in [-0.3, -0.25) is 0 Å². The van der Waals surface area contributed by atoms with Crippen LogP contribution in [0, 0.1) is 0 Å². The van der Waals surface area contributed by atoms with Crippen molar-refractivity contribution >= 4 is 27.1 Å². The van der Waals surface area contributed by atoms with Gasteiger partial charge in [0, 0.05) is 18.5 Å². The molecule has 4 aromatic rings. The molecule has 1 heterocycles. The molecule has 0 saturated carbocycles. The third kappa shape index (κ3) is 5.85.